The molecule has 0 saturated heterocycles. The number of carbonyl (C=O) groups is 1. The van der Waals surface area contributed by atoms with Crippen molar-refractivity contribution in [3.05, 3.63) is 0 Å². The molecule has 2 heteroatoms. The number of rotatable bonds is 0. The van der Waals surface area contributed by atoms with Crippen LogP contribution >= 0.6 is 0 Å². The van der Waals surface area contributed by atoms with Crippen LogP contribution in [0, 0.1) is 40.4 Å². The molecule has 1 N–H and O–H groups in total. The van der Waals surface area contributed by atoms with Gasteiger partial charge in [0, 0.05) is 11.8 Å². The number of hydrogen-bond acceptors (Lipinski definition) is 2. The second-order valence-corrected chi connectivity index (χ2v) is 10.3. The molecule has 0 aromatic rings. The maximum atomic E-state index is 12.5. The first-order valence-electron chi connectivity index (χ1n) is 9.93. The molecule has 4 aliphatic carbocycles. The molecule has 0 heterocycles. The molecule has 4 saturated carbocycles. The van der Waals surface area contributed by atoms with Crippen LogP contribution in [0.4, 0.5) is 0 Å². The van der Waals surface area contributed by atoms with Crippen LogP contribution in [0.3, 0.4) is 0 Å². The first-order valence-corrected chi connectivity index (χ1v) is 9.93. The van der Waals surface area contributed by atoms with Gasteiger partial charge in [0.2, 0.25) is 0 Å². The van der Waals surface area contributed by atoms with Crippen LogP contribution in [-0.4, -0.2) is 16.5 Å². The molecule has 23 heavy (non-hydrogen) atoms. The van der Waals surface area contributed by atoms with Gasteiger partial charge in [0.1, 0.15) is 5.78 Å². The van der Waals surface area contributed by atoms with Crippen molar-refractivity contribution in [3.63, 3.8) is 0 Å². The molecule has 4 rings (SSSR count). The lowest BCUT2D eigenvalue weighted by molar-refractivity contribution is -0.164. The van der Waals surface area contributed by atoms with Gasteiger partial charge in [-0.3, -0.25) is 4.79 Å². The van der Waals surface area contributed by atoms with Crippen molar-refractivity contribution in [3.8, 4) is 0 Å². The van der Waals surface area contributed by atoms with Crippen LogP contribution < -0.4 is 0 Å². The Bertz CT molecular complexity index is 524. The summed E-state index contributed by atoms with van der Waals surface area (Å²) < 4.78 is 0. The van der Waals surface area contributed by atoms with Gasteiger partial charge in [0.25, 0.3) is 0 Å². The summed E-state index contributed by atoms with van der Waals surface area (Å²) in [5, 5.41) is 10.6. The van der Waals surface area contributed by atoms with Crippen LogP contribution in [-0.2, 0) is 4.79 Å². The second kappa shape index (κ2) is 4.84. The molecule has 0 spiro atoms. The smallest absolute Gasteiger partial charge is 0.139 e. The summed E-state index contributed by atoms with van der Waals surface area (Å²) >= 11 is 0. The number of Topliss-reactive ketones (excluding diaryl/α,β-unsaturated/α-hetero) is 1. The van der Waals surface area contributed by atoms with E-state index in [4.69, 9.17) is 0 Å². The van der Waals surface area contributed by atoms with Crippen LogP contribution in [0.25, 0.3) is 0 Å². The van der Waals surface area contributed by atoms with Crippen LogP contribution in [0.1, 0.15) is 79.1 Å². The van der Waals surface area contributed by atoms with Gasteiger partial charge < -0.3 is 5.11 Å². The fourth-order valence-corrected chi connectivity index (χ4v) is 7.59. The molecular weight excluding hydrogens is 284 g/mol. The van der Waals surface area contributed by atoms with E-state index in [-0.39, 0.29) is 5.41 Å². The Morgan fingerprint density at radius 1 is 1.04 bits per heavy atom. The lowest BCUT2D eigenvalue weighted by atomic mass is 9.42. The maximum Gasteiger partial charge on any atom is 0.139 e. The van der Waals surface area contributed by atoms with E-state index in [1.54, 1.807) is 0 Å². The summed E-state index contributed by atoms with van der Waals surface area (Å²) in [6, 6.07) is 0. The Morgan fingerprint density at radius 2 is 1.78 bits per heavy atom. The highest BCUT2D eigenvalue weighted by molar-refractivity contribution is 5.87. The van der Waals surface area contributed by atoms with Gasteiger partial charge in [-0.2, -0.15) is 0 Å². The minimum Gasteiger partial charge on any atom is -0.390 e. The van der Waals surface area contributed by atoms with Gasteiger partial charge in [-0.05, 0) is 86.9 Å². The minimum atomic E-state index is -0.455. The lowest BCUT2D eigenvalue weighted by Gasteiger charge is -2.63. The molecule has 4 fully saturated rings. The summed E-state index contributed by atoms with van der Waals surface area (Å²) in [5.41, 5.74) is -0.0750. The Labute approximate surface area is 141 Å². The highest BCUT2D eigenvalue weighted by Crippen LogP contribution is 2.67. The van der Waals surface area contributed by atoms with Crippen LogP contribution in [0.2, 0.25) is 0 Å². The Morgan fingerprint density at radius 3 is 2.52 bits per heavy atom. The number of ketones is 1. The predicted octanol–water partition coefficient (Wildman–Crippen LogP) is 4.60. The van der Waals surface area contributed by atoms with Gasteiger partial charge in [-0.1, -0.05) is 20.8 Å². The van der Waals surface area contributed by atoms with Crippen molar-refractivity contribution < 1.29 is 9.90 Å². The van der Waals surface area contributed by atoms with E-state index in [0.29, 0.717) is 29.0 Å². The molecule has 0 amide bonds. The third-order valence-electron chi connectivity index (χ3n) is 9.02. The van der Waals surface area contributed by atoms with E-state index >= 15 is 0 Å². The minimum absolute atomic E-state index is 0.0151. The van der Waals surface area contributed by atoms with Gasteiger partial charge >= 0.3 is 0 Å². The third kappa shape index (κ3) is 2.12. The number of aliphatic hydroxyl groups is 1. The summed E-state index contributed by atoms with van der Waals surface area (Å²) in [6.07, 6.45) is 8.69. The lowest BCUT2D eigenvalue weighted by Crippen LogP contribution is -2.57. The molecule has 0 aromatic heterocycles. The van der Waals surface area contributed by atoms with E-state index in [2.05, 4.69) is 20.8 Å². The Balaban J connectivity index is 1.68. The third-order valence-corrected chi connectivity index (χ3v) is 9.02. The molecule has 4 aliphatic rings. The normalized spacial score (nSPS) is 59.2. The average molecular weight is 319 g/mol. The molecule has 8 atom stereocenters. The Hall–Kier alpha value is -0.370. The summed E-state index contributed by atoms with van der Waals surface area (Å²) in [4.78, 5) is 12.5. The van der Waals surface area contributed by atoms with Crippen molar-refractivity contribution in [1.29, 1.82) is 0 Å². The molecule has 130 valence electrons. The predicted molar refractivity (Wildman–Crippen MR) is 91.9 cm³/mol. The number of hydrogen-bond donors (Lipinski definition) is 1. The summed E-state index contributed by atoms with van der Waals surface area (Å²) in [5.74, 6) is 4.07. The molecule has 0 bridgehead atoms. The molecule has 0 aromatic carbocycles. The zero-order valence-electron chi connectivity index (χ0n) is 15.4. The van der Waals surface area contributed by atoms with E-state index in [9.17, 15) is 9.90 Å². The van der Waals surface area contributed by atoms with Crippen molar-refractivity contribution in [2.45, 2.75) is 84.7 Å². The second-order valence-electron chi connectivity index (χ2n) is 10.3. The largest absolute Gasteiger partial charge is 0.390 e. The van der Waals surface area contributed by atoms with Crippen LogP contribution in [0.15, 0.2) is 0 Å². The fourth-order valence-electron chi connectivity index (χ4n) is 7.59. The number of carbonyl (C=O) groups excluding carboxylic acids is 1. The molecular formula is C21H34O2. The number of fused-ring (bicyclic) bond motifs is 5. The monoisotopic (exact) mass is 318 g/mol. The van der Waals surface area contributed by atoms with Crippen LogP contribution in [0.5, 0.6) is 0 Å². The van der Waals surface area contributed by atoms with Crippen molar-refractivity contribution >= 4 is 5.78 Å². The highest BCUT2D eigenvalue weighted by atomic mass is 16.3. The van der Waals surface area contributed by atoms with E-state index in [1.807, 2.05) is 6.92 Å². The first kappa shape index (κ1) is 16.1. The van der Waals surface area contributed by atoms with E-state index in [0.717, 1.165) is 43.9 Å². The summed E-state index contributed by atoms with van der Waals surface area (Å²) in [7, 11) is 0. The van der Waals surface area contributed by atoms with E-state index in [1.165, 1.54) is 19.3 Å². The Kier molecular flexibility index (Phi) is 3.39. The van der Waals surface area contributed by atoms with Gasteiger partial charge in [-0.25, -0.2) is 0 Å². The summed E-state index contributed by atoms with van der Waals surface area (Å²) in [6.45, 7) is 9.28. The van der Waals surface area contributed by atoms with Gasteiger partial charge in [0.15, 0.2) is 0 Å². The SMILES string of the molecule is C[C@H]1C[C@H]2C[C@](C)(O)CC[C@]2(C)[C@H]2CC[C@]3(C)C(=O)CC[C@H]3[C@H]12. The topological polar surface area (TPSA) is 37.3 Å². The fraction of sp³-hybridized carbons (Fsp3) is 0.952. The highest BCUT2D eigenvalue weighted by Gasteiger charge is 2.62. The maximum absolute atomic E-state index is 12.5. The quantitative estimate of drug-likeness (QED) is 0.709. The van der Waals surface area contributed by atoms with Crippen molar-refractivity contribution in [2.75, 3.05) is 0 Å². The molecule has 2 nitrogen and oxygen atoms in total. The van der Waals surface area contributed by atoms with Crippen molar-refractivity contribution in [1.82, 2.24) is 0 Å². The van der Waals surface area contributed by atoms with Gasteiger partial charge in [-0.15, -0.1) is 0 Å². The molecule has 0 aliphatic heterocycles. The zero-order chi connectivity index (χ0) is 16.6. The first-order chi connectivity index (χ1) is 10.7. The average Bonchev–Trinajstić information content (AvgIpc) is 2.77. The van der Waals surface area contributed by atoms with Crippen molar-refractivity contribution in [2.24, 2.45) is 40.4 Å². The standard InChI is InChI=1S/C21H34O2/c1-13-11-14-12-19(2,23)9-10-20(14,3)16-7-8-21(4)15(18(13)16)5-6-17(21)22/h13-16,18,23H,5-12H2,1-4H3/t13-,14-,15-,16-,18-,19+,20-,21-/m0/s1. The van der Waals surface area contributed by atoms with Gasteiger partial charge in [0.05, 0.1) is 5.60 Å². The van der Waals surface area contributed by atoms with E-state index < -0.39 is 5.60 Å². The zero-order valence-corrected chi connectivity index (χ0v) is 15.4. The molecule has 0 unspecified atom stereocenters. The molecule has 0 radical (unpaired) electrons.